The Labute approximate surface area is 101 Å². The largest absolute Gasteiger partial charge is 0.481 e. The fourth-order valence-electron chi connectivity index (χ4n) is 1.29. The Balaban J connectivity index is 3.99. The minimum Gasteiger partial charge on any atom is -0.481 e. The van der Waals surface area contributed by atoms with E-state index in [0.29, 0.717) is 13.0 Å². The normalized spacial score (nSPS) is 9.76. The lowest BCUT2D eigenvalue weighted by molar-refractivity contribution is -0.138. The number of amides is 2. The molecule has 0 heterocycles. The van der Waals surface area contributed by atoms with E-state index in [4.69, 9.17) is 5.11 Å². The van der Waals surface area contributed by atoms with Crippen molar-refractivity contribution in [1.82, 2.24) is 10.2 Å². The Morgan fingerprint density at radius 2 is 1.82 bits per heavy atom. The van der Waals surface area contributed by atoms with Gasteiger partial charge in [0.15, 0.2) is 0 Å². The number of carbonyl (C=O) groups is 3. The van der Waals surface area contributed by atoms with E-state index in [0.717, 1.165) is 6.42 Å². The predicted molar refractivity (Wildman–Crippen MR) is 62.4 cm³/mol. The van der Waals surface area contributed by atoms with Crippen LogP contribution in [0.25, 0.3) is 0 Å². The molecule has 0 unspecified atom stereocenters. The van der Waals surface area contributed by atoms with Gasteiger partial charge in [0, 0.05) is 19.5 Å². The van der Waals surface area contributed by atoms with Gasteiger partial charge in [-0.3, -0.25) is 14.4 Å². The van der Waals surface area contributed by atoms with E-state index in [9.17, 15) is 14.4 Å². The average molecular weight is 244 g/mol. The van der Waals surface area contributed by atoms with Gasteiger partial charge in [0.05, 0.1) is 13.0 Å². The molecule has 0 rings (SSSR count). The molecular weight excluding hydrogens is 224 g/mol. The quantitative estimate of drug-likeness (QED) is 0.639. The zero-order chi connectivity index (χ0) is 13.3. The van der Waals surface area contributed by atoms with E-state index in [1.807, 2.05) is 6.92 Å². The molecule has 0 radical (unpaired) electrons. The maximum absolute atomic E-state index is 11.6. The van der Waals surface area contributed by atoms with E-state index in [1.165, 1.54) is 4.90 Å². The fourth-order valence-corrected chi connectivity index (χ4v) is 1.29. The number of rotatable bonds is 8. The molecule has 0 aromatic heterocycles. The molecule has 0 aliphatic heterocycles. The summed E-state index contributed by atoms with van der Waals surface area (Å²) in [5.74, 6) is -1.35. The van der Waals surface area contributed by atoms with E-state index >= 15 is 0 Å². The van der Waals surface area contributed by atoms with Crippen molar-refractivity contribution in [1.29, 1.82) is 0 Å². The topological polar surface area (TPSA) is 86.7 Å². The average Bonchev–Trinajstić information content (AvgIpc) is 2.27. The van der Waals surface area contributed by atoms with Crippen molar-refractivity contribution in [2.75, 3.05) is 19.6 Å². The molecule has 0 aliphatic carbocycles. The molecular formula is C11H20N2O4. The molecule has 0 saturated carbocycles. The van der Waals surface area contributed by atoms with Crippen molar-refractivity contribution < 1.29 is 19.5 Å². The van der Waals surface area contributed by atoms with Gasteiger partial charge in [0.1, 0.15) is 0 Å². The Morgan fingerprint density at radius 1 is 1.18 bits per heavy atom. The molecule has 0 bridgehead atoms. The van der Waals surface area contributed by atoms with Crippen LogP contribution in [-0.4, -0.2) is 47.4 Å². The lowest BCUT2D eigenvalue weighted by atomic mass is 10.3. The highest BCUT2D eigenvalue weighted by atomic mass is 16.4. The van der Waals surface area contributed by atoms with E-state index in [2.05, 4.69) is 5.32 Å². The highest BCUT2D eigenvalue weighted by Crippen LogP contribution is 1.93. The number of hydrogen-bond acceptors (Lipinski definition) is 3. The molecule has 2 N–H and O–H groups in total. The van der Waals surface area contributed by atoms with Gasteiger partial charge in [-0.2, -0.15) is 0 Å². The molecule has 0 atom stereocenters. The van der Waals surface area contributed by atoms with Crippen LogP contribution in [0.4, 0.5) is 0 Å². The Kier molecular flexibility index (Phi) is 7.75. The highest BCUT2D eigenvalue weighted by molar-refractivity contribution is 5.84. The van der Waals surface area contributed by atoms with Crippen molar-refractivity contribution in [3.8, 4) is 0 Å². The summed E-state index contributed by atoms with van der Waals surface area (Å²) in [6.45, 7) is 4.20. The fraction of sp³-hybridized carbons (Fsp3) is 0.727. The van der Waals surface area contributed by atoms with E-state index in [-0.39, 0.29) is 31.3 Å². The molecule has 0 aromatic carbocycles. The van der Waals surface area contributed by atoms with E-state index in [1.54, 1.807) is 6.92 Å². The molecule has 0 fully saturated rings. The summed E-state index contributed by atoms with van der Waals surface area (Å²) in [5, 5.41) is 11.0. The molecule has 2 amide bonds. The Hall–Kier alpha value is -1.59. The number of nitrogens with one attached hydrogen (secondary N) is 1. The second-order valence-electron chi connectivity index (χ2n) is 3.64. The first kappa shape index (κ1) is 15.4. The molecule has 0 aromatic rings. The van der Waals surface area contributed by atoms with Crippen LogP contribution in [0.1, 0.15) is 33.1 Å². The lowest BCUT2D eigenvalue weighted by Gasteiger charge is -2.20. The SMILES string of the molecule is CCCC(=O)NCC(=O)N(CC)CCC(=O)O. The molecule has 0 aliphatic rings. The minimum atomic E-state index is -0.939. The number of carboxylic acid groups (broad SMARTS) is 1. The first-order valence-corrected chi connectivity index (χ1v) is 5.77. The van der Waals surface area contributed by atoms with Crippen LogP contribution in [0, 0.1) is 0 Å². The molecule has 98 valence electrons. The van der Waals surface area contributed by atoms with Gasteiger partial charge in [-0.05, 0) is 13.3 Å². The number of nitrogens with zero attached hydrogens (tertiary/aromatic N) is 1. The third-order valence-corrected chi connectivity index (χ3v) is 2.24. The summed E-state index contributed by atoms with van der Waals surface area (Å²) in [7, 11) is 0. The van der Waals surface area contributed by atoms with Crippen molar-refractivity contribution in [2.45, 2.75) is 33.1 Å². The summed E-state index contributed by atoms with van der Waals surface area (Å²) in [4.78, 5) is 34.6. The van der Waals surface area contributed by atoms with Crippen LogP contribution in [0.5, 0.6) is 0 Å². The highest BCUT2D eigenvalue weighted by Gasteiger charge is 2.13. The van der Waals surface area contributed by atoms with Crippen LogP contribution < -0.4 is 5.32 Å². The first-order chi connectivity index (χ1) is 8.01. The zero-order valence-electron chi connectivity index (χ0n) is 10.4. The first-order valence-electron chi connectivity index (χ1n) is 5.77. The zero-order valence-corrected chi connectivity index (χ0v) is 10.4. The lowest BCUT2D eigenvalue weighted by Crippen LogP contribution is -2.40. The van der Waals surface area contributed by atoms with Gasteiger partial charge in [-0.1, -0.05) is 6.92 Å². The van der Waals surface area contributed by atoms with Gasteiger partial charge in [0.25, 0.3) is 0 Å². The monoisotopic (exact) mass is 244 g/mol. The van der Waals surface area contributed by atoms with Crippen molar-refractivity contribution in [3.05, 3.63) is 0 Å². The maximum Gasteiger partial charge on any atom is 0.305 e. The number of likely N-dealkylation sites (N-methyl/N-ethyl adjacent to an activating group) is 1. The number of carboxylic acids is 1. The van der Waals surface area contributed by atoms with Gasteiger partial charge in [-0.15, -0.1) is 0 Å². The molecule has 6 heteroatoms. The summed E-state index contributed by atoms with van der Waals surface area (Å²) in [6.07, 6.45) is 1.05. The van der Waals surface area contributed by atoms with Crippen LogP contribution >= 0.6 is 0 Å². The number of aliphatic carboxylic acids is 1. The Bertz CT molecular complexity index is 279. The molecule has 0 spiro atoms. The van der Waals surface area contributed by atoms with Crippen LogP contribution in [0.2, 0.25) is 0 Å². The second-order valence-corrected chi connectivity index (χ2v) is 3.64. The second kappa shape index (κ2) is 8.55. The van der Waals surface area contributed by atoms with Gasteiger partial charge in [0.2, 0.25) is 11.8 Å². The van der Waals surface area contributed by atoms with Gasteiger partial charge in [-0.25, -0.2) is 0 Å². The van der Waals surface area contributed by atoms with Crippen molar-refractivity contribution in [2.24, 2.45) is 0 Å². The van der Waals surface area contributed by atoms with Crippen LogP contribution in [-0.2, 0) is 14.4 Å². The van der Waals surface area contributed by atoms with Gasteiger partial charge < -0.3 is 15.3 Å². The standard InChI is InChI=1S/C11H20N2O4/c1-3-5-9(14)12-8-10(15)13(4-2)7-6-11(16)17/h3-8H2,1-2H3,(H,12,14)(H,16,17). The van der Waals surface area contributed by atoms with E-state index < -0.39 is 5.97 Å². The van der Waals surface area contributed by atoms with Crippen molar-refractivity contribution >= 4 is 17.8 Å². The smallest absolute Gasteiger partial charge is 0.305 e. The maximum atomic E-state index is 11.6. The Morgan fingerprint density at radius 3 is 2.29 bits per heavy atom. The van der Waals surface area contributed by atoms with Crippen LogP contribution in [0.15, 0.2) is 0 Å². The molecule has 6 nitrogen and oxygen atoms in total. The van der Waals surface area contributed by atoms with Gasteiger partial charge >= 0.3 is 5.97 Å². The number of hydrogen-bond donors (Lipinski definition) is 2. The van der Waals surface area contributed by atoms with Crippen LogP contribution in [0.3, 0.4) is 0 Å². The summed E-state index contributed by atoms with van der Waals surface area (Å²) >= 11 is 0. The summed E-state index contributed by atoms with van der Waals surface area (Å²) < 4.78 is 0. The molecule has 0 saturated heterocycles. The minimum absolute atomic E-state index is 0.0632. The molecule has 17 heavy (non-hydrogen) atoms. The summed E-state index contributed by atoms with van der Waals surface area (Å²) in [6, 6.07) is 0. The predicted octanol–water partition coefficient (Wildman–Crippen LogP) is 0.226. The number of carbonyl (C=O) groups excluding carboxylic acids is 2. The summed E-state index contributed by atoms with van der Waals surface area (Å²) in [5.41, 5.74) is 0. The third kappa shape index (κ3) is 7.32. The van der Waals surface area contributed by atoms with Crippen molar-refractivity contribution in [3.63, 3.8) is 0 Å². The third-order valence-electron chi connectivity index (χ3n) is 2.24.